The fourth-order valence-corrected chi connectivity index (χ4v) is 5.04. The van der Waals surface area contributed by atoms with Gasteiger partial charge in [-0.3, -0.25) is 14.7 Å². The molecule has 1 saturated heterocycles. The third-order valence-electron chi connectivity index (χ3n) is 6.82. The number of hydrogen-bond acceptors (Lipinski definition) is 5. The molecule has 0 aliphatic carbocycles. The molecule has 3 aromatic rings. The van der Waals surface area contributed by atoms with Gasteiger partial charge in [0, 0.05) is 43.7 Å². The molecule has 1 fully saturated rings. The molecule has 8 heteroatoms. The lowest BCUT2D eigenvalue weighted by molar-refractivity contribution is -0.126. The van der Waals surface area contributed by atoms with E-state index in [0.29, 0.717) is 36.4 Å². The van der Waals surface area contributed by atoms with Crippen molar-refractivity contribution in [1.29, 1.82) is 0 Å². The number of halogens is 2. The molecule has 0 amide bonds. The summed E-state index contributed by atoms with van der Waals surface area (Å²) in [5, 5.41) is 1.28. The Morgan fingerprint density at radius 1 is 1.18 bits per heavy atom. The molecule has 1 aliphatic heterocycles. The molecular weight excluding hydrogens is 440 g/mol. The van der Waals surface area contributed by atoms with Gasteiger partial charge in [0.15, 0.2) is 0 Å². The van der Waals surface area contributed by atoms with Gasteiger partial charge in [0.05, 0.1) is 31.7 Å². The van der Waals surface area contributed by atoms with E-state index in [1.54, 1.807) is 50.8 Å². The van der Waals surface area contributed by atoms with Crippen molar-refractivity contribution < 1.29 is 18.3 Å². The number of hydrogen-bond donors (Lipinski definition) is 0. The van der Waals surface area contributed by atoms with Crippen molar-refractivity contribution in [2.75, 3.05) is 27.3 Å². The Balaban J connectivity index is 1.74. The Labute approximate surface area is 198 Å². The highest BCUT2D eigenvalue weighted by atomic mass is 19.3. The van der Waals surface area contributed by atoms with Crippen molar-refractivity contribution in [1.82, 2.24) is 14.5 Å². The number of aryl methyl sites for hydroxylation is 1. The summed E-state index contributed by atoms with van der Waals surface area (Å²) in [4.78, 5) is 18.4. The van der Waals surface area contributed by atoms with Crippen LogP contribution in [-0.4, -0.2) is 47.7 Å². The zero-order chi connectivity index (χ0) is 24.6. The number of piperidine rings is 1. The van der Waals surface area contributed by atoms with E-state index < -0.39 is 11.8 Å². The summed E-state index contributed by atoms with van der Waals surface area (Å²) in [6.45, 7) is 4.31. The Hall–Kier alpha value is -3.00. The minimum absolute atomic E-state index is 0.0626. The number of nitrogens with zero attached hydrogens (tertiary/aromatic N) is 3. The van der Waals surface area contributed by atoms with Gasteiger partial charge in [0.25, 0.3) is 11.5 Å². The fraction of sp³-hybridized carbons (Fsp3) is 0.462. The number of rotatable bonds is 6. The third kappa shape index (κ3) is 4.39. The van der Waals surface area contributed by atoms with E-state index in [9.17, 15) is 13.6 Å². The maximum absolute atomic E-state index is 14.8. The summed E-state index contributed by atoms with van der Waals surface area (Å²) in [6, 6.07) is 5.55. The molecule has 0 radical (unpaired) electrons. The lowest BCUT2D eigenvalue weighted by Crippen LogP contribution is -2.49. The molecule has 3 heterocycles. The molecule has 0 spiro atoms. The highest BCUT2D eigenvalue weighted by Crippen LogP contribution is 2.41. The van der Waals surface area contributed by atoms with Crippen molar-refractivity contribution in [2.45, 2.75) is 32.7 Å². The monoisotopic (exact) mass is 471 g/mol. The van der Waals surface area contributed by atoms with Crippen molar-refractivity contribution in [3.8, 4) is 22.6 Å². The summed E-state index contributed by atoms with van der Waals surface area (Å²) < 4.78 is 42.5. The number of alkyl halides is 2. The largest absolute Gasteiger partial charge is 0.496 e. The predicted octanol–water partition coefficient (Wildman–Crippen LogP) is 4.73. The second-order valence-corrected chi connectivity index (χ2v) is 9.35. The molecule has 1 aromatic carbocycles. The van der Waals surface area contributed by atoms with Gasteiger partial charge in [-0.2, -0.15) is 0 Å². The van der Waals surface area contributed by atoms with Crippen LogP contribution in [0, 0.1) is 11.8 Å². The molecule has 1 atom stereocenters. The van der Waals surface area contributed by atoms with Crippen molar-refractivity contribution in [3.05, 3.63) is 52.7 Å². The van der Waals surface area contributed by atoms with Crippen LogP contribution in [0.4, 0.5) is 8.78 Å². The van der Waals surface area contributed by atoms with E-state index in [1.165, 1.54) is 4.57 Å². The van der Waals surface area contributed by atoms with Gasteiger partial charge >= 0.3 is 0 Å². The highest BCUT2D eigenvalue weighted by Gasteiger charge is 2.45. The number of pyridine rings is 2. The van der Waals surface area contributed by atoms with Gasteiger partial charge in [0.1, 0.15) is 11.5 Å². The van der Waals surface area contributed by atoms with Crippen LogP contribution in [0.3, 0.4) is 0 Å². The van der Waals surface area contributed by atoms with Crippen LogP contribution >= 0.6 is 0 Å². The van der Waals surface area contributed by atoms with Crippen LogP contribution in [0.5, 0.6) is 11.5 Å². The Bertz CT molecular complexity index is 1230. The molecule has 6 nitrogen and oxygen atoms in total. The molecule has 1 aliphatic rings. The summed E-state index contributed by atoms with van der Waals surface area (Å²) in [5.74, 6) is -2.30. The molecule has 1 unspecified atom stereocenters. The average Bonchev–Trinajstić information content (AvgIpc) is 2.80. The maximum atomic E-state index is 14.8. The van der Waals surface area contributed by atoms with Gasteiger partial charge < -0.3 is 14.0 Å². The number of ether oxygens (including phenoxy) is 2. The fourth-order valence-electron chi connectivity index (χ4n) is 5.04. The van der Waals surface area contributed by atoms with E-state index in [-0.39, 0.29) is 18.0 Å². The number of methoxy groups -OCH3 is 2. The van der Waals surface area contributed by atoms with Gasteiger partial charge in [-0.15, -0.1) is 0 Å². The van der Waals surface area contributed by atoms with Crippen LogP contribution in [0.1, 0.15) is 25.8 Å². The standard InChI is InChI=1S/C26H31F2N3O3/c1-16(2)22-7-9-31(15-26(22,27)28)14-21-23(33-4)10-17(11-24(21)34-5)20-13-30(3)25(32)19-12-29-8-6-18(19)20/h6,8,10-13,16,22H,7,9,14-15H2,1-5H3. The smallest absolute Gasteiger partial charge is 0.263 e. The third-order valence-corrected chi connectivity index (χ3v) is 6.82. The Morgan fingerprint density at radius 3 is 2.44 bits per heavy atom. The minimum atomic E-state index is -2.74. The summed E-state index contributed by atoms with van der Waals surface area (Å²) in [6.07, 6.45) is 5.43. The van der Waals surface area contributed by atoms with Gasteiger partial charge in [-0.05, 0) is 48.0 Å². The zero-order valence-electron chi connectivity index (χ0n) is 20.3. The lowest BCUT2D eigenvalue weighted by Gasteiger charge is -2.40. The Kier molecular flexibility index (Phi) is 6.62. The summed E-state index contributed by atoms with van der Waals surface area (Å²) in [7, 11) is 4.82. The van der Waals surface area contributed by atoms with Gasteiger partial charge in [-0.25, -0.2) is 8.78 Å². The van der Waals surface area contributed by atoms with Crippen LogP contribution < -0.4 is 15.0 Å². The quantitative estimate of drug-likeness (QED) is 0.520. The number of benzene rings is 1. The molecule has 0 saturated carbocycles. The molecule has 34 heavy (non-hydrogen) atoms. The molecule has 4 rings (SSSR count). The first-order chi connectivity index (χ1) is 16.2. The van der Waals surface area contributed by atoms with E-state index in [0.717, 1.165) is 22.1 Å². The number of likely N-dealkylation sites (tertiary alicyclic amines) is 1. The van der Waals surface area contributed by atoms with Crippen molar-refractivity contribution in [3.63, 3.8) is 0 Å². The van der Waals surface area contributed by atoms with Crippen molar-refractivity contribution >= 4 is 10.8 Å². The summed E-state index contributed by atoms with van der Waals surface area (Å²) in [5.41, 5.74) is 2.22. The van der Waals surface area contributed by atoms with Gasteiger partial charge in [-0.1, -0.05) is 13.8 Å². The first kappa shape index (κ1) is 24.1. The van der Waals surface area contributed by atoms with E-state index in [1.807, 2.05) is 26.0 Å². The lowest BCUT2D eigenvalue weighted by atomic mass is 9.83. The van der Waals surface area contributed by atoms with E-state index >= 15 is 0 Å². The highest BCUT2D eigenvalue weighted by molar-refractivity contribution is 5.95. The second kappa shape index (κ2) is 9.33. The van der Waals surface area contributed by atoms with Crippen LogP contribution in [0.25, 0.3) is 21.9 Å². The maximum Gasteiger partial charge on any atom is 0.263 e. The van der Waals surface area contributed by atoms with Crippen molar-refractivity contribution in [2.24, 2.45) is 18.9 Å². The van der Waals surface area contributed by atoms with Crippen LogP contribution in [0.2, 0.25) is 0 Å². The SMILES string of the molecule is COc1cc(-c2cn(C)c(=O)c3cnccc23)cc(OC)c1CN1CCC(C(C)C)C(F)(F)C1. The summed E-state index contributed by atoms with van der Waals surface area (Å²) >= 11 is 0. The van der Waals surface area contributed by atoms with E-state index in [2.05, 4.69) is 4.98 Å². The number of fused-ring (bicyclic) bond motifs is 1. The second-order valence-electron chi connectivity index (χ2n) is 9.35. The van der Waals surface area contributed by atoms with Gasteiger partial charge in [0.2, 0.25) is 0 Å². The van der Waals surface area contributed by atoms with Crippen LogP contribution in [-0.2, 0) is 13.6 Å². The zero-order valence-corrected chi connectivity index (χ0v) is 20.3. The Morgan fingerprint density at radius 2 is 1.85 bits per heavy atom. The molecule has 2 aromatic heterocycles. The predicted molar refractivity (Wildman–Crippen MR) is 129 cm³/mol. The first-order valence-electron chi connectivity index (χ1n) is 11.4. The molecule has 0 bridgehead atoms. The minimum Gasteiger partial charge on any atom is -0.496 e. The first-order valence-corrected chi connectivity index (χ1v) is 11.4. The molecular formula is C26H31F2N3O3. The molecule has 182 valence electrons. The normalized spacial score (nSPS) is 18.4. The average molecular weight is 472 g/mol. The van der Waals surface area contributed by atoms with E-state index in [4.69, 9.17) is 9.47 Å². The topological polar surface area (TPSA) is 56.6 Å². The van der Waals surface area contributed by atoms with Crippen LogP contribution in [0.15, 0.2) is 41.6 Å². The number of aromatic nitrogens is 2. The molecule has 0 N–H and O–H groups in total.